The zero-order valence-electron chi connectivity index (χ0n) is 18.5. The van der Waals surface area contributed by atoms with Gasteiger partial charge in [-0.15, -0.1) is 0 Å². The van der Waals surface area contributed by atoms with E-state index in [1.165, 1.54) is 0 Å². The van der Waals surface area contributed by atoms with Gasteiger partial charge in [0, 0.05) is 41.3 Å². The first kappa shape index (κ1) is 21.3. The third-order valence-corrected chi connectivity index (χ3v) is 6.29. The van der Waals surface area contributed by atoms with Crippen LogP contribution in [0.1, 0.15) is 64.9 Å². The molecule has 6 heteroatoms. The number of carbonyl (C=O) groups is 3. The lowest BCUT2D eigenvalue weighted by molar-refractivity contribution is -0.139. The number of ether oxygens (including phenoxy) is 1. The van der Waals surface area contributed by atoms with E-state index in [-0.39, 0.29) is 22.4 Å². The molecule has 1 aromatic carbocycles. The standard InChI is InChI=1S/C25H29NO5/c1-24(2)9-16-22(18(27)11-24)21(14-5-7-15(8-6-14)31-13-20(29)30)23-17(26-16)10-25(3,4)12-19(23)28/h5-8,21,26H,9-13H2,1-4H3,(H,29,30). The second kappa shape index (κ2) is 7.36. The van der Waals surface area contributed by atoms with Gasteiger partial charge in [-0.3, -0.25) is 9.59 Å². The molecule has 0 bridgehead atoms. The SMILES string of the molecule is CC1(C)CC(=O)C2=C(C1)NC1=C(C(=O)CC(C)(C)C1)C2c1ccc(OCC(=O)O)cc1. The smallest absolute Gasteiger partial charge is 0.341 e. The molecule has 0 fully saturated rings. The largest absolute Gasteiger partial charge is 0.482 e. The van der Waals surface area contributed by atoms with Gasteiger partial charge in [-0.2, -0.15) is 0 Å². The van der Waals surface area contributed by atoms with Gasteiger partial charge in [0.05, 0.1) is 0 Å². The van der Waals surface area contributed by atoms with Crippen LogP contribution in [-0.4, -0.2) is 29.2 Å². The summed E-state index contributed by atoms with van der Waals surface area (Å²) in [6.07, 6.45) is 2.42. The Morgan fingerprint density at radius 3 is 1.87 bits per heavy atom. The highest BCUT2D eigenvalue weighted by molar-refractivity contribution is 6.06. The van der Waals surface area contributed by atoms with Crippen LogP contribution < -0.4 is 10.1 Å². The number of hydrogen-bond acceptors (Lipinski definition) is 5. The number of hydrogen-bond donors (Lipinski definition) is 2. The summed E-state index contributed by atoms with van der Waals surface area (Å²) in [4.78, 5) is 37.3. The van der Waals surface area contributed by atoms with Crippen LogP contribution in [0.2, 0.25) is 0 Å². The zero-order chi connectivity index (χ0) is 22.6. The third kappa shape index (κ3) is 4.16. The Kier molecular flexibility index (Phi) is 5.07. The van der Waals surface area contributed by atoms with Crippen LogP contribution in [0.15, 0.2) is 46.8 Å². The zero-order valence-corrected chi connectivity index (χ0v) is 18.5. The van der Waals surface area contributed by atoms with Crippen LogP contribution >= 0.6 is 0 Å². The fourth-order valence-electron chi connectivity index (χ4n) is 5.12. The minimum absolute atomic E-state index is 0.0825. The van der Waals surface area contributed by atoms with E-state index < -0.39 is 18.5 Å². The van der Waals surface area contributed by atoms with Crippen molar-refractivity contribution < 1.29 is 24.2 Å². The summed E-state index contributed by atoms with van der Waals surface area (Å²) in [5, 5.41) is 12.3. The van der Waals surface area contributed by atoms with E-state index in [1.807, 2.05) is 12.1 Å². The Morgan fingerprint density at radius 2 is 1.42 bits per heavy atom. The van der Waals surface area contributed by atoms with Crippen molar-refractivity contribution in [1.29, 1.82) is 0 Å². The highest BCUT2D eigenvalue weighted by Crippen LogP contribution is 2.51. The lowest BCUT2D eigenvalue weighted by Gasteiger charge is -2.44. The van der Waals surface area contributed by atoms with Gasteiger partial charge in [0.1, 0.15) is 5.75 Å². The summed E-state index contributed by atoms with van der Waals surface area (Å²) in [5.74, 6) is -0.834. The second-order valence-electron chi connectivity index (χ2n) is 10.5. The predicted octanol–water partition coefficient (Wildman–Crippen LogP) is 4.12. The summed E-state index contributed by atoms with van der Waals surface area (Å²) in [7, 11) is 0. The molecule has 4 rings (SSSR count). The Morgan fingerprint density at radius 1 is 0.935 bits per heavy atom. The number of carboxylic acids is 1. The topological polar surface area (TPSA) is 92.7 Å². The molecule has 0 radical (unpaired) electrons. The molecule has 0 saturated heterocycles. The Bertz CT molecular complexity index is 974. The highest BCUT2D eigenvalue weighted by Gasteiger charge is 2.46. The van der Waals surface area contributed by atoms with Crippen molar-refractivity contribution in [2.75, 3.05) is 6.61 Å². The molecular formula is C25H29NO5. The number of aliphatic carboxylic acids is 1. The lowest BCUT2D eigenvalue weighted by atomic mass is 9.64. The maximum atomic E-state index is 13.3. The van der Waals surface area contributed by atoms with Crippen LogP contribution in [0, 0.1) is 10.8 Å². The molecule has 0 aromatic heterocycles. The summed E-state index contributed by atoms with van der Waals surface area (Å²) in [5.41, 5.74) is 3.85. The Labute approximate surface area is 182 Å². The number of nitrogens with one attached hydrogen (secondary N) is 1. The van der Waals surface area contributed by atoms with Crippen LogP contribution in [-0.2, 0) is 14.4 Å². The van der Waals surface area contributed by atoms with E-state index >= 15 is 0 Å². The molecule has 1 aromatic rings. The molecule has 2 N–H and O–H groups in total. The van der Waals surface area contributed by atoms with Crippen molar-refractivity contribution >= 4 is 17.5 Å². The molecule has 0 amide bonds. The van der Waals surface area contributed by atoms with E-state index in [0.29, 0.717) is 29.7 Å². The van der Waals surface area contributed by atoms with Crippen molar-refractivity contribution in [2.45, 2.75) is 59.3 Å². The molecule has 0 atom stereocenters. The molecular weight excluding hydrogens is 394 g/mol. The summed E-state index contributed by atoms with van der Waals surface area (Å²) in [6, 6.07) is 7.08. The monoisotopic (exact) mass is 423 g/mol. The molecule has 1 aliphatic heterocycles. The Balaban J connectivity index is 1.79. The van der Waals surface area contributed by atoms with Gasteiger partial charge in [-0.1, -0.05) is 39.8 Å². The number of rotatable bonds is 4. The van der Waals surface area contributed by atoms with Crippen molar-refractivity contribution in [3.05, 3.63) is 52.4 Å². The highest BCUT2D eigenvalue weighted by atomic mass is 16.5. The van der Waals surface area contributed by atoms with E-state index in [9.17, 15) is 14.4 Å². The molecule has 3 aliphatic rings. The molecule has 0 unspecified atom stereocenters. The molecule has 0 saturated carbocycles. The van der Waals surface area contributed by atoms with Crippen molar-refractivity contribution in [3.63, 3.8) is 0 Å². The summed E-state index contributed by atoms with van der Waals surface area (Å²) in [6.45, 7) is 7.97. The minimum atomic E-state index is -1.04. The average Bonchev–Trinajstić information content (AvgIpc) is 2.63. The number of dihydropyridines is 1. The van der Waals surface area contributed by atoms with Crippen molar-refractivity contribution in [1.82, 2.24) is 5.32 Å². The van der Waals surface area contributed by atoms with Gasteiger partial charge in [0.2, 0.25) is 0 Å². The maximum absolute atomic E-state index is 13.3. The van der Waals surface area contributed by atoms with Crippen LogP contribution in [0.3, 0.4) is 0 Å². The number of Topliss-reactive ketones (excluding diaryl/α,β-unsaturated/α-hetero) is 2. The quantitative estimate of drug-likeness (QED) is 0.757. The van der Waals surface area contributed by atoms with Crippen molar-refractivity contribution in [2.24, 2.45) is 10.8 Å². The van der Waals surface area contributed by atoms with Gasteiger partial charge in [0.15, 0.2) is 18.2 Å². The first-order valence-corrected chi connectivity index (χ1v) is 10.7. The van der Waals surface area contributed by atoms with Crippen molar-refractivity contribution in [3.8, 4) is 5.75 Å². The first-order valence-electron chi connectivity index (χ1n) is 10.7. The van der Waals surface area contributed by atoms with Gasteiger partial charge >= 0.3 is 5.97 Å². The van der Waals surface area contributed by atoms with E-state index in [1.54, 1.807) is 12.1 Å². The average molecular weight is 424 g/mol. The fourth-order valence-corrected chi connectivity index (χ4v) is 5.12. The molecule has 31 heavy (non-hydrogen) atoms. The van der Waals surface area contributed by atoms with Gasteiger partial charge < -0.3 is 15.2 Å². The number of benzene rings is 1. The molecule has 6 nitrogen and oxygen atoms in total. The molecule has 0 spiro atoms. The number of ketones is 2. The van der Waals surface area contributed by atoms with Gasteiger partial charge in [0.25, 0.3) is 0 Å². The van der Waals surface area contributed by atoms with Crippen LogP contribution in [0.4, 0.5) is 0 Å². The van der Waals surface area contributed by atoms with Crippen LogP contribution in [0.5, 0.6) is 5.75 Å². The number of carboxylic acid groups (broad SMARTS) is 1. The normalized spacial score (nSPS) is 22.6. The third-order valence-electron chi connectivity index (χ3n) is 6.29. The van der Waals surface area contributed by atoms with E-state index in [0.717, 1.165) is 29.8 Å². The summed E-state index contributed by atoms with van der Waals surface area (Å²) >= 11 is 0. The predicted molar refractivity (Wildman–Crippen MR) is 116 cm³/mol. The first-order chi connectivity index (χ1) is 14.5. The molecule has 1 heterocycles. The molecule has 2 aliphatic carbocycles. The second-order valence-corrected chi connectivity index (χ2v) is 10.5. The fraction of sp³-hybridized carbons (Fsp3) is 0.480. The van der Waals surface area contributed by atoms with Crippen LogP contribution in [0.25, 0.3) is 0 Å². The molecule has 164 valence electrons. The number of carbonyl (C=O) groups excluding carboxylic acids is 2. The van der Waals surface area contributed by atoms with E-state index in [2.05, 4.69) is 33.0 Å². The van der Waals surface area contributed by atoms with E-state index in [4.69, 9.17) is 9.84 Å². The number of allylic oxidation sites excluding steroid dienone is 4. The Hall–Kier alpha value is -2.89. The lowest BCUT2D eigenvalue weighted by Crippen LogP contribution is -2.42. The van der Waals surface area contributed by atoms with Gasteiger partial charge in [-0.05, 0) is 41.4 Å². The summed E-state index contributed by atoms with van der Waals surface area (Å²) < 4.78 is 5.25. The van der Waals surface area contributed by atoms with Gasteiger partial charge in [-0.25, -0.2) is 4.79 Å². The minimum Gasteiger partial charge on any atom is -0.482 e. The maximum Gasteiger partial charge on any atom is 0.341 e.